The fourth-order valence-electron chi connectivity index (χ4n) is 10.5. The van der Waals surface area contributed by atoms with Gasteiger partial charge >= 0.3 is 5.97 Å². The molecule has 0 aliphatic carbocycles. The van der Waals surface area contributed by atoms with Crippen molar-refractivity contribution in [2.24, 2.45) is 17.8 Å². The molecule has 13 heteroatoms. The molecule has 7 aliphatic heterocycles. The van der Waals surface area contributed by atoms with Gasteiger partial charge < -0.3 is 58.7 Å². The molecule has 7 rings (SSSR count). The average Bonchev–Trinajstić information content (AvgIpc) is 3.56. The van der Waals surface area contributed by atoms with E-state index in [1.807, 2.05) is 19.9 Å². The summed E-state index contributed by atoms with van der Waals surface area (Å²) in [5.74, 6) is -3.82. The molecule has 0 amide bonds. The first-order valence-electron chi connectivity index (χ1n) is 21.7. The Morgan fingerprint density at radius 1 is 1.00 bits per heavy atom. The summed E-state index contributed by atoms with van der Waals surface area (Å²) in [6.45, 7) is 14.5. The van der Waals surface area contributed by atoms with E-state index >= 15 is 0 Å². The van der Waals surface area contributed by atoms with Crippen LogP contribution in [-0.4, -0.2) is 122 Å². The predicted molar refractivity (Wildman–Crippen MR) is 208 cm³/mol. The second-order valence-corrected chi connectivity index (χ2v) is 18.9. The molecular weight excluding hydrogens is 736 g/mol. The Balaban J connectivity index is 0.920. The van der Waals surface area contributed by atoms with Crippen molar-refractivity contribution in [2.45, 2.75) is 209 Å². The third-order valence-electron chi connectivity index (χ3n) is 14.0. The number of hydrogen-bond acceptors (Lipinski definition) is 12. The number of fused-ring (bicyclic) bond motifs is 1. The third-order valence-corrected chi connectivity index (χ3v) is 14.0. The quantitative estimate of drug-likeness (QED) is 0.182. The smallest absolute Gasteiger partial charge is 0.335 e. The Bertz CT molecular complexity index is 1510. The van der Waals surface area contributed by atoms with Crippen LogP contribution in [0.25, 0.3) is 0 Å². The summed E-state index contributed by atoms with van der Waals surface area (Å²) < 4.78 is 45.2. The van der Waals surface area contributed by atoms with Gasteiger partial charge in [-0.25, -0.2) is 4.79 Å². The zero-order valence-electron chi connectivity index (χ0n) is 34.6. The second-order valence-electron chi connectivity index (χ2n) is 18.9. The van der Waals surface area contributed by atoms with E-state index in [0.29, 0.717) is 56.4 Å². The van der Waals surface area contributed by atoms with Crippen molar-refractivity contribution in [2.75, 3.05) is 6.61 Å². The fraction of sp³-hybridized carbons (Fsp3) is 0.841. The van der Waals surface area contributed by atoms with Crippen LogP contribution in [0, 0.1) is 17.8 Å². The SMILES string of the molecule is C=C1C([C@H](O)C[C@@H](C)[C@@H]2O[C@@]3(CCCCO3)CC[C@@H]2C)O[C@H]2CC[C@]3(CC[C@@H](C=C[C@H](C)[C@H]4CC(C)=C[C@]5(O[C@@H](C[C@](C)(O)C(=O)O)CC[C@@H]5O)O4)O3)O[C@@H]2[C@H]1O. The van der Waals surface area contributed by atoms with E-state index < -0.39 is 71.7 Å². The molecule has 7 heterocycles. The average molecular weight is 805 g/mol. The van der Waals surface area contributed by atoms with Crippen molar-refractivity contribution >= 4 is 5.97 Å². The number of hydrogen-bond donors (Lipinski definition) is 5. The third kappa shape index (κ3) is 9.15. The first-order valence-corrected chi connectivity index (χ1v) is 21.7. The van der Waals surface area contributed by atoms with Crippen LogP contribution in [0.15, 0.2) is 36.0 Å². The first kappa shape index (κ1) is 43.3. The molecule has 0 aromatic heterocycles. The summed E-state index contributed by atoms with van der Waals surface area (Å²) in [6, 6.07) is 0. The summed E-state index contributed by atoms with van der Waals surface area (Å²) in [7, 11) is 0. The van der Waals surface area contributed by atoms with Crippen LogP contribution >= 0.6 is 0 Å². The van der Waals surface area contributed by atoms with Gasteiger partial charge in [-0.2, -0.15) is 0 Å². The van der Waals surface area contributed by atoms with Gasteiger partial charge in [0.15, 0.2) is 17.2 Å². The van der Waals surface area contributed by atoms with Gasteiger partial charge in [-0.3, -0.25) is 0 Å². The number of aliphatic hydroxyl groups is 4. The van der Waals surface area contributed by atoms with E-state index in [-0.39, 0.29) is 36.6 Å². The van der Waals surface area contributed by atoms with E-state index in [9.17, 15) is 30.3 Å². The van der Waals surface area contributed by atoms with Gasteiger partial charge in [-0.05, 0) is 95.1 Å². The van der Waals surface area contributed by atoms with Gasteiger partial charge in [0.05, 0.1) is 43.2 Å². The van der Waals surface area contributed by atoms with Gasteiger partial charge in [0.1, 0.15) is 24.4 Å². The maximum atomic E-state index is 11.6. The lowest BCUT2D eigenvalue weighted by molar-refractivity contribution is -0.321. The van der Waals surface area contributed by atoms with Gasteiger partial charge in [0.25, 0.3) is 0 Å². The first-order chi connectivity index (χ1) is 26.9. The summed E-state index contributed by atoms with van der Waals surface area (Å²) in [5, 5.41) is 54.0. The molecule has 6 saturated heterocycles. The lowest BCUT2D eigenvalue weighted by atomic mass is 9.79. The molecule has 3 spiro atoms. The Morgan fingerprint density at radius 2 is 1.75 bits per heavy atom. The monoisotopic (exact) mass is 804 g/mol. The number of ether oxygens (including phenoxy) is 7. The number of carboxylic acids is 1. The molecule has 0 saturated carbocycles. The van der Waals surface area contributed by atoms with Crippen LogP contribution < -0.4 is 0 Å². The minimum absolute atomic E-state index is 0.0423. The molecule has 57 heavy (non-hydrogen) atoms. The van der Waals surface area contributed by atoms with Crippen molar-refractivity contribution < 1.29 is 63.5 Å². The Kier molecular flexibility index (Phi) is 12.9. The van der Waals surface area contributed by atoms with Crippen molar-refractivity contribution in [3.63, 3.8) is 0 Å². The molecule has 6 fully saturated rings. The van der Waals surface area contributed by atoms with Crippen molar-refractivity contribution in [3.05, 3.63) is 36.0 Å². The van der Waals surface area contributed by atoms with Gasteiger partial charge in [0, 0.05) is 38.0 Å². The maximum Gasteiger partial charge on any atom is 0.335 e. The highest BCUT2D eigenvalue weighted by molar-refractivity contribution is 5.76. The van der Waals surface area contributed by atoms with Crippen molar-refractivity contribution in [1.82, 2.24) is 0 Å². The van der Waals surface area contributed by atoms with Crippen LogP contribution in [0.3, 0.4) is 0 Å². The fourth-order valence-corrected chi connectivity index (χ4v) is 10.5. The van der Waals surface area contributed by atoms with Crippen LogP contribution in [0.2, 0.25) is 0 Å². The van der Waals surface area contributed by atoms with Gasteiger partial charge in [-0.15, -0.1) is 0 Å². The van der Waals surface area contributed by atoms with E-state index in [4.69, 9.17) is 33.2 Å². The summed E-state index contributed by atoms with van der Waals surface area (Å²) in [5.41, 5.74) is -0.551. The van der Waals surface area contributed by atoms with Crippen molar-refractivity contribution in [1.29, 1.82) is 0 Å². The number of rotatable bonds is 10. The van der Waals surface area contributed by atoms with Crippen LogP contribution in [-0.2, 0) is 38.0 Å². The van der Waals surface area contributed by atoms with E-state index in [1.165, 1.54) is 6.92 Å². The van der Waals surface area contributed by atoms with Crippen molar-refractivity contribution in [3.8, 4) is 0 Å². The topological polar surface area (TPSA) is 183 Å². The van der Waals surface area contributed by atoms with Crippen LogP contribution in [0.1, 0.15) is 125 Å². The Labute approximate surface area is 337 Å². The van der Waals surface area contributed by atoms with Gasteiger partial charge in [0.2, 0.25) is 5.79 Å². The molecule has 5 N–H and O–H groups in total. The van der Waals surface area contributed by atoms with Crippen LogP contribution in [0.5, 0.6) is 0 Å². The standard InChI is InChI=1S/C44H68O13/c1-25-21-34(55-44(23-25)35(46)12-11-31(54-44)24-41(6,50)40(48)49)26(2)9-10-30-14-18-43(53-30)19-15-33-39(57-43)36(47)29(5)38(52-33)32(45)22-28(4)37-27(3)13-17-42(56-37)16-7-8-20-51-42/h9-10,23,26-28,30-39,45-47,50H,5,7-8,11-22,24H2,1-4,6H3,(H,48,49)/t26-,27-,28+,30+,31+,32+,33-,34+,35-,36-,37+,38?,39-,41-,42-,43-,44-/m0/s1. The highest BCUT2D eigenvalue weighted by Gasteiger charge is 2.55. The molecular formula is C44H68O13. The minimum Gasteiger partial charge on any atom is -0.479 e. The molecule has 13 nitrogen and oxygen atoms in total. The zero-order chi connectivity index (χ0) is 40.9. The molecule has 0 aromatic carbocycles. The maximum absolute atomic E-state index is 11.6. The molecule has 0 bridgehead atoms. The highest BCUT2D eigenvalue weighted by Crippen LogP contribution is 2.47. The number of carbonyl (C=O) groups is 1. The normalized spacial score (nSPS) is 45.4. The molecule has 7 aliphatic rings. The lowest BCUT2D eigenvalue weighted by Gasteiger charge is -2.50. The number of carboxylic acid groups (broad SMARTS) is 1. The molecule has 17 atom stereocenters. The molecule has 0 radical (unpaired) electrons. The predicted octanol–water partition coefficient (Wildman–Crippen LogP) is 5.21. The lowest BCUT2D eigenvalue weighted by Crippen LogP contribution is -2.60. The molecule has 1 unspecified atom stereocenters. The van der Waals surface area contributed by atoms with E-state index in [2.05, 4.69) is 26.5 Å². The Morgan fingerprint density at radius 3 is 2.49 bits per heavy atom. The van der Waals surface area contributed by atoms with Crippen LogP contribution in [0.4, 0.5) is 0 Å². The molecule has 0 aromatic rings. The molecule has 322 valence electrons. The van der Waals surface area contributed by atoms with Gasteiger partial charge in [-0.1, -0.05) is 45.1 Å². The largest absolute Gasteiger partial charge is 0.479 e. The second kappa shape index (κ2) is 17.0. The summed E-state index contributed by atoms with van der Waals surface area (Å²) >= 11 is 0. The Hall–Kier alpha value is -1.75. The summed E-state index contributed by atoms with van der Waals surface area (Å²) in [6.07, 6.45) is 9.37. The van der Waals surface area contributed by atoms with E-state index in [0.717, 1.165) is 50.7 Å². The summed E-state index contributed by atoms with van der Waals surface area (Å²) in [4.78, 5) is 11.6. The zero-order valence-corrected chi connectivity index (χ0v) is 34.6. The highest BCUT2D eigenvalue weighted by atomic mass is 16.7. The minimum atomic E-state index is -1.96. The number of aliphatic carboxylic acids is 1. The number of aliphatic hydroxyl groups excluding tert-OH is 3. The van der Waals surface area contributed by atoms with E-state index in [1.54, 1.807) is 6.08 Å².